The van der Waals surface area contributed by atoms with E-state index in [1.165, 1.54) is 7.11 Å². The molecule has 0 atom stereocenters. The van der Waals surface area contributed by atoms with Gasteiger partial charge in [0.2, 0.25) is 5.95 Å². The fourth-order valence-electron chi connectivity index (χ4n) is 2.04. The predicted octanol–water partition coefficient (Wildman–Crippen LogP) is 2.34. The van der Waals surface area contributed by atoms with Crippen LogP contribution in [0.4, 0.5) is 5.95 Å². The lowest BCUT2D eigenvalue weighted by Crippen LogP contribution is -1.99. The molecule has 2 aromatic rings. The molecule has 0 unspecified atom stereocenters. The molecule has 106 valence electrons. The molecule has 1 aromatic carbocycles. The Balaban J connectivity index is 1.93. The smallest absolute Gasteiger partial charge is 0.305 e. The van der Waals surface area contributed by atoms with Gasteiger partial charge in [0.15, 0.2) is 0 Å². The summed E-state index contributed by atoms with van der Waals surface area (Å²) in [5.41, 5.74) is 7.86. The molecule has 0 saturated heterocycles. The molecule has 0 bridgehead atoms. The monoisotopic (exact) mass is 273 g/mol. The number of imidazole rings is 1. The molecule has 0 saturated carbocycles. The van der Waals surface area contributed by atoms with Crippen LogP contribution < -0.4 is 5.73 Å². The summed E-state index contributed by atoms with van der Waals surface area (Å²) in [5, 5.41) is 0. The molecule has 2 rings (SSSR count). The predicted molar refractivity (Wildman–Crippen MR) is 77.5 cm³/mol. The van der Waals surface area contributed by atoms with Crippen LogP contribution in [0.1, 0.15) is 25.0 Å². The van der Waals surface area contributed by atoms with Crippen LogP contribution in [0.3, 0.4) is 0 Å². The average molecular weight is 273 g/mol. The zero-order chi connectivity index (χ0) is 14.4. The number of nitrogen functional groups attached to an aromatic ring is 1. The van der Waals surface area contributed by atoms with Crippen molar-refractivity contribution in [1.29, 1.82) is 0 Å². The van der Waals surface area contributed by atoms with Gasteiger partial charge in [-0.05, 0) is 31.4 Å². The fraction of sp³-hybridized carbons (Fsp3) is 0.333. The molecule has 0 aliphatic carbocycles. The van der Waals surface area contributed by atoms with E-state index in [1.807, 2.05) is 41.1 Å². The van der Waals surface area contributed by atoms with E-state index < -0.39 is 0 Å². The molecule has 0 aliphatic heterocycles. The van der Waals surface area contributed by atoms with Crippen LogP contribution in [-0.4, -0.2) is 22.6 Å². The molecule has 1 aromatic heterocycles. The van der Waals surface area contributed by atoms with Crippen molar-refractivity contribution in [2.45, 2.75) is 25.7 Å². The van der Waals surface area contributed by atoms with E-state index >= 15 is 0 Å². The molecule has 0 spiro atoms. The summed E-state index contributed by atoms with van der Waals surface area (Å²) in [6.45, 7) is 0. The summed E-state index contributed by atoms with van der Waals surface area (Å²) >= 11 is 0. The SMILES string of the molecule is COC(=O)CCCCc1cn(-c2ccccc2)c(N)n1. The van der Waals surface area contributed by atoms with Gasteiger partial charge in [-0.3, -0.25) is 9.36 Å². The summed E-state index contributed by atoms with van der Waals surface area (Å²) < 4.78 is 6.48. The molecule has 2 N–H and O–H groups in total. The molecule has 0 aliphatic rings. The van der Waals surface area contributed by atoms with Gasteiger partial charge >= 0.3 is 5.97 Å². The molecule has 5 heteroatoms. The van der Waals surface area contributed by atoms with Crippen LogP contribution in [0.15, 0.2) is 36.5 Å². The Morgan fingerprint density at radius 3 is 2.75 bits per heavy atom. The third-order valence-electron chi connectivity index (χ3n) is 3.11. The van der Waals surface area contributed by atoms with Crippen LogP contribution in [0, 0.1) is 0 Å². The van der Waals surface area contributed by atoms with Gasteiger partial charge in [-0.1, -0.05) is 18.2 Å². The van der Waals surface area contributed by atoms with Gasteiger partial charge in [0.25, 0.3) is 0 Å². The largest absolute Gasteiger partial charge is 0.469 e. The van der Waals surface area contributed by atoms with Crippen LogP contribution in [-0.2, 0) is 16.0 Å². The lowest BCUT2D eigenvalue weighted by molar-refractivity contribution is -0.140. The van der Waals surface area contributed by atoms with E-state index in [4.69, 9.17) is 5.73 Å². The number of carbonyl (C=O) groups excluding carboxylic acids is 1. The van der Waals surface area contributed by atoms with Crippen molar-refractivity contribution in [2.24, 2.45) is 0 Å². The Labute approximate surface area is 118 Å². The first-order chi connectivity index (χ1) is 9.70. The highest BCUT2D eigenvalue weighted by atomic mass is 16.5. The van der Waals surface area contributed by atoms with E-state index in [0.717, 1.165) is 30.6 Å². The number of ether oxygens (including phenoxy) is 1. The van der Waals surface area contributed by atoms with Crippen molar-refractivity contribution >= 4 is 11.9 Å². The average Bonchev–Trinajstić information content (AvgIpc) is 2.85. The normalized spacial score (nSPS) is 10.4. The number of para-hydroxylation sites is 1. The molecule has 0 fully saturated rings. The van der Waals surface area contributed by atoms with Crippen molar-refractivity contribution in [3.8, 4) is 5.69 Å². The molecule has 5 nitrogen and oxygen atoms in total. The Morgan fingerprint density at radius 1 is 1.30 bits per heavy atom. The Morgan fingerprint density at radius 2 is 2.05 bits per heavy atom. The minimum Gasteiger partial charge on any atom is -0.469 e. The number of benzene rings is 1. The van der Waals surface area contributed by atoms with Crippen LogP contribution in [0.5, 0.6) is 0 Å². The second kappa shape index (κ2) is 6.75. The maximum Gasteiger partial charge on any atom is 0.305 e. The van der Waals surface area contributed by atoms with Gasteiger partial charge in [0.05, 0.1) is 12.8 Å². The number of nitrogens with zero attached hydrogens (tertiary/aromatic N) is 2. The summed E-state index contributed by atoms with van der Waals surface area (Å²) in [7, 11) is 1.41. The highest BCUT2D eigenvalue weighted by Crippen LogP contribution is 2.15. The zero-order valence-corrected chi connectivity index (χ0v) is 11.6. The Bertz CT molecular complexity index is 564. The van der Waals surface area contributed by atoms with Crippen LogP contribution in [0.2, 0.25) is 0 Å². The lowest BCUT2D eigenvalue weighted by atomic mass is 10.1. The van der Waals surface area contributed by atoms with Crippen molar-refractivity contribution in [3.05, 3.63) is 42.2 Å². The molecular weight excluding hydrogens is 254 g/mol. The number of methoxy groups -OCH3 is 1. The van der Waals surface area contributed by atoms with Gasteiger partial charge in [0.1, 0.15) is 0 Å². The van der Waals surface area contributed by atoms with Crippen molar-refractivity contribution in [1.82, 2.24) is 9.55 Å². The van der Waals surface area contributed by atoms with Gasteiger partial charge in [0, 0.05) is 18.3 Å². The maximum atomic E-state index is 11.0. The first-order valence-corrected chi connectivity index (χ1v) is 6.66. The number of esters is 1. The first kappa shape index (κ1) is 14.1. The minimum atomic E-state index is -0.167. The highest BCUT2D eigenvalue weighted by Gasteiger charge is 2.07. The fourth-order valence-corrected chi connectivity index (χ4v) is 2.04. The third-order valence-corrected chi connectivity index (χ3v) is 3.11. The molecule has 1 heterocycles. The number of unbranched alkanes of at least 4 members (excludes halogenated alkanes) is 1. The second-order valence-electron chi connectivity index (χ2n) is 4.58. The molecular formula is C15H19N3O2. The summed E-state index contributed by atoms with van der Waals surface area (Å²) in [6.07, 6.45) is 4.89. The van der Waals surface area contributed by atoms with Crippen LogP contribution in [0.25, 0.3) is 5.69 Å². The van der Waals surface area contributed by atoms with Crippen molar-refractivity contribution in [3.63, 3.8) is 0 Å². The molecule has 0 amide bonds. The van der Waals surface area contributed by atoms with Crippen molar-refractivity contribution < 1.29 is 9.53 Å². The quantitative estimate of drug-likeness (QED) is 0.648. The number of nitrogens with two attached hydrogens (primary N) is 1. The summed E-state index contributed by atoms with van der Waals surface area (Å²) in [4.78, 5) is 15.4. The second-order valence-corrected chi connectivity index (χ2v) is 4.58. The van der Waals surface area contributed by atoms with E-state index in [1.54, 1.807) is 0 Å². The molecule has 0 radical (unpaired) electrons. The number of rotatable bonds is 6. The number of aromatic nitrogens is 2. The number of aryl methyl sites for hydroxylation is 1. The minimum absolute atomic E-state index is 0.167. The topological polar surface area (TPSA) is 70.1 Å². The highest BCUT2D eigenvalue weighted by molar-refractivity contribution is 5.68. The summed E-state index contributed by atoms with van der Waals surface area (Å²) in [5.74, 6) is 0.318. The van der Waals surface area contributed by atoms with Gasteiger partial charge in [-0.15, -0.1) is 0 Å². The van der Waals surface area contributed by atoms with Gasteiger partial charge in [-0.25, -0.2) is 4.98 Å². The molecule has 20 heavy (non-hydrogen) atoms. The van der Waals surface area contributed by atoms with E-state index in [9.17, 15) is 4.79 Å². The van der Waals surface area contributed by atoms with E-state index in [-0.39, 0.29) is 5.97 Å². The van der Waals surface area contributed by atoms with Gasteiger partial charge < -0.3 is 10.5 Å². The van der Waals surface area contributed by atoms with Crippen LogP contribution >= 0.6 is 0 Å². The standard InChI is InChI=1S/C15H19N3O2/c1-20-14(19)10-6-5-7-12-11-18(15(16)17-12)13-8-3-2-4-9-13/h2-4,8-9,11H,5-7,10H2,1H3,(H2,16,17). The van der Waals surface area contributed by atoms with E-state index in [2.05, 4.69) is 9.72 Å². The number of hydrogen-bond acceptors (Lipinski definition) is 4. The summed E-state index contributed by atoms with van der Waals surface area (Å²) in [6, 6.07) is 9.86. The number of hydrogen-bond donors (Lipinski definition) is 1. The zero-order valence-electron chi connectivity index (χ0n) is 11.6. The van der Waals surface area contributed by atoms with Crippen molar-refractivity contribution in [2.75, 3.05) is 12.8 Å². The Kier molecular flexibility index (Phi) is 4.76. The first-order valence-electron chi connectivity index (χ1n) is 6.66. The third kappa shape index (κ3) is 3.60. The lowest BCUT2D eigenvalue weighted by Gasteiger charge is -2.02. The van der Waals surface area contributed by atoms with E-state index in [0.29, 0.717) is 12.4 Å². The number of carbonyl (C=O) groups is 1. The number of anilines is 1. The maximum absolute atomic E-state index is 11.0. The van der Waals surface area contributed by atoms with Gasteiger partial charge in [-0.2, -0.15) is 0 Å². The Hall–Kier alpha value is -2.30.